The third-order valence-corrected chi connectivity index (χ3v) is 4.55. The summed E-state index contributed by atoms with van der Waals surface area (Å²) in [4.78, 5) is 45.1. The van der Waals surface area contributed by atoms with Crippen molar-refractivity contribution in [3.05, 3.63) is 39.9 Å². The Labute approximate surface area is 120 Å². The first-order valence-electron chi connectivity index (χ1n) is 6.85. The van der Waals surface area contributed by atoms with Gasteiger partial charge in [0.1, 0.15) is 0 Å². The highest BCUT2D eigenvalue weighted by Gasteiger charge is 2.51. The number of carbonyl (C=O) groups is 3. The lowest BCUT2D eigenvalue weighted by molar-refractivity contribution is -0.384. The summed E-state index contributed by atoms with van der Waals surface area (Å²) in [7, 11) is 0. The van der Waals surface area contributed by atoms with E-state index in [1.807, 2.05) is 0 Å². The highest BCUT2D eigenvalue weighted by molar-refractivity contribution is 6.68. The second-order valence-electron chi connectivity index (χ2n) is 5.63. The van der Waals surface area contributed by atoms with Gasteiger partial charge < -0.3 is 0 Å². The van der Waals surface area contributed by atoms with E-state index in [0.717, 1.165) is 5.56 Å². The van der Waals surface area contributed by atoms with Gasteiger partial charge in [0.05, 0.1) is 4.92 Å². The Balaban J connectivity index is 1.80. The van der Waals surface area contributed by atoms with Gasteiger partial charge >= 0.3 is 0 Å². The normalized spacial score (nSPS) is 28.6. The molecule has 2 saturated carbocycles. The van der Waals surface area contributed by atoms with Crippen molar-refractivity contribution >= 4 is 23.0 Å². The predicted molar refractivity (Wildman–Crippen MR) is 71.7 cm³/mol. The smallest absolute Gasteiger partial charge is 0.269 e. The van der Waals surface area contributed by atoms with E-state index in [0.29, 0.717) is 19.3 Å². The summed E-state index contributed by atoms with van der Waals surface area (Å²) < 4.78 is 0. The van der Waals surface area contributed by atoms with Crippen LogP contribution in [0.3, 0.4) is 0 Å². The minimum atomic E-state index is -0.852. The molecule has 0 spiro atoms. The number of nitrogens with zero attached hydrogens (tertiary/aromatic N) is 1. The van der Waals surface area contributed by atoms with Crippen LogP contribution in [-0.4, -0.2) is 22.3 Å². The molecule has 21 heavy (non-hydrogen) atoms. The molecule has 108 valence electrons. The first-order valence-corrected chi connectivity index (χ1v) is 6.85. The molecule has 2 aliphatic rings. The molecule has 0 aromatic heterocycles. The second-order valence-corrected chi connectivity index (χ2v) is 5.63. The Morgan fingerprint density at radius 1 is 0.952 bits per heavy atom. The molecule has 2 fully saturated rings. The predicted octanol–water partition coefficient (Wildman–Crippen LogP) is 1.82. The summed E-state index contributed by atoms with van der Waals surface area (Å²) in [6.07, 6.45) is 1.71. The number of hydrogen-bond acceptors (Lipinski definition) is 5. The zero-order chi connectivity index (χ0) is 15.1. The molecule has 0 radical (unpaired) electrons. The number of ketones is 3. The SMILES string of the molecule is O=C1C(=O)C2CCC(c3ccc([N+](=O)[O-])cc3)CC2C1=O. The number of non-ortho nitro benzene ring substituents is 1. The van der Waals surface area contributed by atoms with Crippen molar-refractivity contribution < 1.29 is 19.3 Å². The van der Waals surface area contributed by atoms with E-state index in [1.54, 1.807) is 12.1 Å². The maximum atomic E-state index is 11.8. The number of fused-ring (bicyclic) bond motifs is 1. The zero-order valence-electron chi connectivity index (χ0n) is 11.2. The van der Waals surface area contributed by atoms with Crippen LogP contribution in [0.15, 0.2) is 24.3 Å². The quantitative estimate of drug-likeness (QED) is 0.469. The van der Waals surface area contributed by atoms with Crippen molar-refractivity contribution in [3.63, 3.8) is 0 Å². The highest BCUT2D eigenvalue weighted by atomic mass is 16.6. The van der Waals surface area contributed by atoms with Crippen molar-refractivity contribution in [2.24, 2.45) is 11.8 Å². The largest absolute Gasteiger partial charge is 0.290 e. The average Bonchev–Trinajstić information content (AvgIpc) is 2.72. The van der Waals surface area contributed by atoms with Crippen LogP contribution in [0, 0.1) is 22.0 Å². The number of carbonyl (C=O) groups excluding carboxylic acids is 3. The Hall–Kier alpha value is -2.37. The maximum Gasteiger partial charge on any atom is 0.269 e. The van der Waals surface area contributed by atoms with Gasteiger partial charge in [0, 0.05) is 24.0 Å². The summed E-state index contributed by atoms with van der Waals surface area (Å²) in [6.45, 7) is 0. The Morgan fingerprint density at radius 3 is 2.19 bits per heavy atom. The minimum absolute atomic E-state index is 0.0229. The average molecular weight is 287 g/mol. The molecule has 0 bridgehead atoms. The van der Waals surface area contributed by atoms with Gasteiger partial charge in [-0.05, 0) is 30.7 Å². The van der Waals surface area contributed by atoms with Crippen molar-refractivity contribution in [2.45, 2.75) is 25.2 Å². The van der Waals surface area contributed by atoms with Gasteiger partial charge in [-0.2, -0.15) is 0 Å². The first-order chi connectivity index (χ1) is 9.99. The maximum absolute atomic E-state index is 11.8. The lowest BCUT2D eigenvalue weighted by atomic mass is 9.73. The molecule has 0 N–H and O–H groups in total. The van der Waals surface area contributed by atoms with Crippen LogP contribution in [-0.2, 0) is 14.4 Å². The van der Waals surface area contributed by atoms with Crippen molar-refractivity contribution in [2.75, 3.05) is 0 Å². The van der Waals surface area contributed by atoms with Gasteiger partial charge in [-0.15, -0.1) is 0 Å². The Bertz CT molecular complexity index is 649. The van der Waals surface area contributed by atoms with E-state index in [4.69, 9.17) is 0 Å². The molecule has 0 amide bonds. The van der Waals surface area contributed by atoms with Gasteiger partial charge in [-0.3, -0.25) is 24.5 Å². The molecule has 0 heterocycles. The van der Waals surface area contributed by atoms with Gasteiger partial charge in [-0.1, -0.05) is 12.1 Å². The van der Waals surface area contributed by atoms with E-state index in [9.17, 15) is 24.5 Å². The van der Waals surface area contributed by atoms with Crippen molar-refractivity contribution in [3.8, 4) is 0 Å². The molecule has 0 saturated heterocycles. The monoisotopic (exact) mass is 287 g/mol. The standard InChI is InChI=1S/C15H13NO5/c17-13-11-6-3-9(7-12(11)14(18)15(13)19)8-1-4-10(5-2-8)16(20)21/h1-2,4-5,9,11-12H,3,6-7H2. The highest BCUT2D eigenvalue weighted by Crippen LogP contribution is 2.43. The molecule has 2 aliphatic carbocycles. The van der Waals surface area contributed by atoms with Crippen LogP contribution in [0.25, 0.3) is 0 Å². The topological polar surface area (TPSA) is 94.3 Å². The van der Waals surface area contributed by atoms with Crippen LogP contribution in [0.4, 0.5) is 5.69 Å². The van der Waals surface area contributed by atoms with Crippen LogP contribution in [0.2, 0.25) is 0 Å². The van der Waals surface area contributed by atoms with Gasteiger partial charge in [-0.25, -0.2) is 0 Å². The van der Waals surface area contributed by atoms with E-state index in [-0.39, 0.29) is 11.6 Å². The van der Waals surface area contributed by atoms with Gasteiger partial charge in [0.15, 0.2) is 0 Å². The molecular formula is C15H13NO5. The number of nitro groups is 1. The summed E-state index contributed by atoms with van der Waals surface area (Å²) in [5.74, 6) is -2.83. The zero-order valence-corrected chi connectivity index (χ0v) is 11.2. The number of nitro benzene ring substituents is 1. The van der Waals surface area contributed by atoms with E-state index in [2.05, 4.69) is 0 Å². The lowest BCUT2D eigenvalue weighted by Crippen LogP contribution is -2.26. The van der Waals surface area contributed by atoms with Gasteiger partial charge in [0.2, 0.25) is 11.6 Å². The fourth-order valence-electron chi connectivity index (χ4n) is 3.40. The minimum Gasteiger partial charge on any atom is -0.290 e. The molecule has 0 aliphatic heterocycles. The molecule has 3 unspecified atom stereocenters. The summed E-state index contributed by atoms with van der Waals surface area (Å²) in [5.41, 5.74) is 0.938. The molecule has 3 atom stereocenters. The van der Waals surface area contributed by atoms with Crippen LogP contribution >= 0.6 is 0 Å². The third-order valence-electron chi connectivity index (χ3n) is 4.55. The third kappa shape index (κ3) is 2.16. The molecule has 6 nitrogen and oxygen atoms in total. The fraction of sp³-hybridized carbons (Fsp3) is 0.400. The summed E-state index contributed by atoms with van der Waals surface area (Å²) in [6, 6.07) is 6.25. The van der Waals surface area contributed by atoms with E-state index in [1.165, 1.54) is 12.1 Å². The molecule has 1 aromatic rings. The number of Topliss-reactive ketones (excluding diaryl/α,β-unsaturated/α-hetero) is 3. The van der Waals surface area contributed by atoms with Crippen LogP contribution < -0.4 is 0 Å². The number of hydrogen-bond donors (Lipinski definition) is 0. The fourth-order valence-corrected chi connectivity index (χ4v) is 3.40. The van der Waals surface area contributed by atoms with Crippen LogP contribution in [0.1, 0.15) is 30.7 Å². The second kappa shape index (κ2) is 4.87. The van der Waals surface area contributed by atoms with E-state index < -0.39 is 34.1 Å². The van der Waals surface area contributed by atoms with Gasteiger partial charge in [0.25, 0.3) is 11.5 Å². The van der Waals surface area contributed by atoms with Crippen LogP contribution in [0.5, 0.6) is 0 Å². The van der Waals surface area contributed by atoms with Crippen molar-refractivity contribution in [1.29, 1.82) is 0 Å². The van der Waals surface area contributed by atoms with Crippen molar-refractivity contribution in [1.82, 2.24) is 0 Å². The molecule has 1 aromatic carbocycles. The Kier molecular flexibility index (Phi) is 3.16. The molecule has 6 heteroatoms. The first kappa shape index (κ1) is 13.6. The summed E-state index contributed by atoms with van der Waals surface area (Å²) in [5, 5.41) is 10.6. The Morgan fingerprint density at radius 2 is 1.57 bits per heavy atom. The summed E-state index contributed by atoms with van der Waals surface area (Å²) >= 11 is 0. The molecular weight excluding hydrogens is 274 g/mol. The molecule has 3 rings (SSSR count). The van der Waals surface area contributed by atoms with E-state index >= 15 is 0 Å². The lowest BCUT2D eigenvalue weighted by Gasteiger charge is -2.29. The number of benzene rings is 1. The number of rotatable bonds is 2.